The Morgan fingerprint density at radius 3 is 2.44 bits per heavy atom. The van der Waals surface area contributed by atoms with Gasteiger partial charge in [-0.1, -0.05) is 41.4 Å². The van der Waals surface area contributed by atoms with Crippen LogP contribution in [-0.2, 0) is 11.2 Å². The Morgan fingerprint density at radius 2 is 1.94 bits per heavy atom. The van der Waals surface area contributed by atoms with Crippen molar-refractivity contribution >= 4 is 15.9 Å². The third kappa shape index (κ3) is 4.24. The number of rotatable bonds is 6. The van der Waals surface area contributed by atoms with Crippen molar-refractivity contribution in [3.63, 3.8) is 0 Å². The maximum Gasteiger partial charge on any atom is 0.0725 e. The first-order chi connectivity index (χ1) is 7.67. The first kappa shape index (κ1) is 13.7. The standard InChI is InChI=1S/C13H20BrNO/c1-3-4-13(16-2)12(15)9-10-5-7-11(14)8-6-10/h5-8,12-13H,3-4,9,15H2,1-2H3. The molecule has 0 fully saturated rings. The second-order valence-corrected chi connectivity index (χ2v) is 4.97. The third-order valence-corrected chi connectivity index (χ3v) is 3.27. The molecule has 0 aliphatic carbocycles. The summed E-state index contributed by atoms with van der Waals surface area (Å²) >= 11 is 3.42. The van der Waals surface area contributed by atoms with Gasteiger partial charge in [-0.3, -0.25) is 0 Å². The van der Waals surface area contributed by atoms with E-state index in [-0.39, 0.29) is 12.1 Å². The zero-order chi connectivity index (χ0) is 12.0. The number of hydrogen-bond acceptors (Lipinski definition) is 2. The first-order valence-corrected chi connectivity index (χ1v) is 6.49. The molecule has 16 heavy (non-hydrogen) atoms. The molecule has 1 aromatic rings. The molecular weight excluding hydrogens is 266 g/mol. The van der Waals surface area contributed by atoms with Gasteiger partial charge in [0, 0.05) is 17.6 Å². The number of nitrogens with two attached hydrogens (primary N) is 1. The molecule has 0 saturated carbocycles. The van der Waals surface area contributed by atoms with Gasteiger partial charge in [0.2, 0.25) is 0 Å². The normalized spacial score (nSPS) is 14.8. The van der Waals surface area contributed by atoms with Crippen molar-refractivity contribution in [3.05, 3.63) is 34.3 Å². The van der Waals surface area contributed by atoms with Gasteiger partial charge in [0.15, 0.2) is 0 Å². The van der Waals surface area contributed by atoms with Gasteiger partial charge >= 0.3 is 0 Å². The van der Waals surface area contributed by atoms with Crippen LogP contribution in [0.3, 0.4) is 0 Å². The third-order valence-electron chi connectivity index (χ3n) is 2.74. The molecule has 0 radical (unpaired) electrons. The molecule has 1 rings (SSSR count). The van der Waals surface area contributed by atoms with E-state index in [4.69, 9.17) is 10.5 Å². The quantitative estimate of drug-likeness (QED) is 0.872. The lowest BCUT2D eigenvalue weighted by atomic mass is 9.99. The van der Waals surface area contributed by atoms with Crippen molar-refractivity contribution < 1.29 is 4.74 Å². The van der Waals surface area contributed by atoms with E-state index in [1.54, 1.807) is 7.11 Å². The van der Waals surface area contributed by atoms with Crippen LogP contribution in [0.25, 0.3) is 0 Å². The van der Waals surface area contributed by atoms with Crippen molar-refractivity contribution in [2.24, 2.45) is 5.73 Å². The summed E-state index contributed by atoms with van der Waals surface area (Å²) in [6.45, 7) is 2.15. The number of benzene rings is 1. The highest BCUT2D eigenvalue weighted by Crippen LogP contribution is 2.14. The molecule has 0 spiro atoms. The van der Waals surface area contributed by atoms with E-state index in [1.165, 1.54) is 5.56 Å². The Kier molecular flexibility index (Phi) is 6.03. The number of methoxy groups -OCH3 is 1. The van der Waals surface area contributed by atoms with Crippen LogP contribution in [0, 0.1) is 0 Å². The fourth-order valence-corrected chi connectivity index (χ4v) is 2.08. The van der Waals surface area contributed by atoms with Crippen molar-refractivity contribution in [3.8, 4) is 0 Å². The van der Waals surface area contributed by atoms with Crippen LogP contribution >= 0.6 is 15.9 Å². The average Bonchev–Trinajstić information content (AvgIpc) is 2.29. The summed E-state index contributed by atoms with van der Waals surface area (Å²) in [6, 6.07) is 8.37. The minimum absolute atomic E-state index is 0.0751. The molecule has 0 aliphatic heterocycles. The van der Waals surface area contributed by atoms with Crippen LogP contribution < -0.4 is 5.73 Å². The molecule has 0 heterocycles. The molecule has 2 nitrogen and oxygen atoms in total. The van der Waals surface area contributed by atoms with E-state index in [0.29, 0.717) is 0 Å². The number of ether oxygens (including phenoxy) is 1. The molecule has 0 bridgehead atoms. The predicted octanol–water partition coefficient (Wildman–Crippen LogP) is 3.13. The monoisotopic (exact) mass is 285 g/mol. The van der Waals surface area contributed by atoms with Crippen molar-refractivity contribution in [1.29, 1.82) is 0 Å². The highest BCUT2D eigenvalue weighted by Gasteiger charge is 2.16. The molecule has 0 saturated heterocycles. The summed E-state index contributed by atoms with van der Waals surface area (Å²) in [5.41, 5.74) is 7.41. The second-order valence-electron chi connectivity index (χ2n) is 4.06. The SMILES string of the molecule is CCCC(OC)C(N)Cc1ccc(Br)cc1. The molecule has 0 amide bonds. The van der Waals surface area contributed by atoms with Crippen LogP contribution in [0.1, 0.15) is 25.3 Å². The number of hydrogen-bond donors (Lipinski definition) is 1. The molecule has 2 atom stereocenters. The molecule has 0 aliphatic rings. The van der Waals surface area contributed by atoms with Crippen LogP contribution in [0.5, 0.6) is 0 Å². The Balaban J connectivity index is 2.55. The van der Waals surface area contributed by atoms with Gasteiger partial charge in [0.25, 0.3) is 0 Å². The molecular formula is C13H20BrNO. The zero-order valence-corrected chi connectivity index (χ0v) is 11.5. The molecule has 2 unspecified atom stereocenters. The lowest BCUT2D eigenvalue weighted by molar-refractivity contribution is 0.0727. The summed E-state index contributed by atoms with van der Waals surface area (Å²) in [6.07, 6.45) is 3.15. The van der Waals surface area contributed by atoms with E-state index in [9.17, 15) is 0 Å². The van der Waals surface area contributed by atoms with Crippen LogP contribution in [-0.4, -0.2) is 19.3 Å². The van der Waals surface area contributed by atoms with E-state index < -0.39 is 0 Å². The summed E-state index contributed by atoms with van der Waals surface area (Å²) in [7, 11) is 1.74. The number of halogens is 1. The summed E-state index contributed by atoms with van der Waals surface area (Å²) in [4.78, 5) is 0. The van der Waals surface area contributed by atoms with Gasteiger partial charge in [-0.2, -0.15) is 0 Å². The Bertz CT molecular complexity index is 299. The van der Waals surface area contributed by atoms with Gasteiger partial charge in [-0.25, -0.2) is 0 Å². The van der Waals surface area contributed by atoms with Crippen molar-refractivity contribution in [2.45, 2.75) is 38.3 Å². The molecule has 1 aromatic carbocycles. The Labute approximate surface area is 106 Å². The Morgan fingerprint density at radius 1 is 1.31 bits per heavy atom. The average molecular weight is 286 g/mol. The van der Waals surface area contributed by atoms with Crippen molar-refractivity contribution in [1.82, 2.24) is 0 Å². The molecule has 3 heteroatoms. The predicted molar refractivity (Wildman–Crippen MR) is 71.5 cm³/mol. The highest BCUT2D eigenvalue weighted by molar-refractivity contribution is 9.10. The lowest BCUT2D eigenvalue weighted by Gasteiger charge is -2.22. The maximum absolute atomic E-state index is 6.15. The maximum atomic E-state index is 6.15. The zero-order valence-electron chi connectivity index (χ0n) is 9.95. The van der Waals surface area contributed by atoms with Crippen LogP contribution in [0.4, 0.5) is 0 Å². The van der Waals surface area contributed by atoms with E-state index >= 15 is 0 Å². The van der Waals surface area contributed by atoms with Gasteiger partial charge in [-0.15, -0.1) is 0 Å². The second kappa shape index (κ2) is 7.05. The van der Waals surface area contributed by atoms with Crippen molar-refractivity contribution in [2.75, 3.05) is 7.11 Å². The minimum atomic E-state index is 0.0751. The smallest absolute Gasteiger partial charge is 0.0725 e. The lowest BCUT2D eigenvalue weighted by Crippen LogP contribution is -2.37. The molecule has 90 valence electrons. The first-order valence-electron chi connectivity index (χ1n) is 5.70. The van der Waals surface area contributed by atoms with Gasteiger partial charge in [0.1, 0.15) is 0 Å². The van der Waals surface area contributed by atoms with Gasteiger partial charge in [-0.05, 0) is 30.5 Å². The van der Waals surface area contributed by atoms with E-state index in [1.807, 2.05) is 12.1 Å². The summed E-state index contributed by atoms with van der Waals surface area (Å²) in [5, 5.41) is 0. The topological polar surface area (TPSA) is 35.2 Å². The van der Waals surface area contributed by atoms with E-state index in [0.717, 1.165) is 23.7 Å². The van der Waals surface area contributed by atoms with E-state index in [2.05, 4.69) is 35.0 Å². The van der Waals surface area contributed by atoms with Crippen LogP contribution in [0.2, 0.25) is 0 Å². The Hall–Kier alpha value is -0.380. The van der Waals surface area contributed by atoms with Gasteiger partial charge < -0.3 is 10.5 Å². The fourth-order valence-electron chi connectivity index (χ4n) is 1.82. The largest absolute Gasteiger partial charge is 0.380 e. The fraction of sp³-hybridized carbons (Fsp3) is 0.538. The highest BCUT2D eigenvalue weighted by atomic mass is 79.9. The minimum Gasteiger partial charge on any atom is -0.380 e. The van der Waals surface area contributed by atoms with Crippen LogP contribution in [0.15, 0.2) is 28.7 Å². The molecule has 0 aromatic heterocycles. The van der Waals surface area contributed by atoms with Gasteiger partial charge in [0.05, 0.1) is 6.10 Å². The molecule has 2 N–H and O–H groups in total. The summed E-state index contributed by atoms with van der Waals surface area (Å²) in [5.74, 6) is 0. The summed E-state index contributed by atoms with van der Waals surface area (Å²) < 4.78 is 6.51.